The van der Waals surface area contributed by atoms with Gasteiger partial charge in [-0.3, -0.25) is 4.90 Å². The van der Waals surface area contributed by atoms with Gasteiger partial charge in [-0.15, -0.1) is 24.0 Å². The molecule has 1 aromatic carbocycles. The maximum absolute atomic E-state index is 5.48. The summed E-state index contributed by atoms with van der Waals surface area (Å²) in [6.45, 7) is 15.2. The van der Waals surface area contributed by atoms with Crippen molar-refractivity contribution in [2.24, 2.45) is 4.99 Å². The van der Waals surface area contributed by atoms with E-state index in [1.54, 1.807) is 0 Å². The molecule has 2 heterocycles. The second kappa shape index (κ2) is 11.6. The van der Waals surface area contributed by atoms with E-state index in [1.807, 2.05) is 0 Å². The summed E-state index contributed by atoms with van der Waals surface area (Å²) in [5, 5.41) is 3.50. The highest BCUT2D eigenvalue weighted by atomic mass is 127. The fraction of sp³-hybridized carbons (Fsp3) is 0.667. The fourth-order valence-corrected chi connectivity index (χ4v) is 4.76. The zero-order valence-corrected chi connectivity index (χ0v) is 20.6. The molecule has 2 aliphatic rings. The van der Waals surface area contributed by atoms with Gasteiger partial charge in [0, 0.05) is 49.8 Å². The van der Waals surface area contributed by atoms with Crippen LogP contribution in [0.5, 0.6) is 0 Å². The van der Waals surface area contributed by atoms with Crippen molar-refractivity contribution in [2.75, 3.05) is 51.7 Å². The molecule has 1 aromatic rings. The molecule has 0 amide bonds. The van der Waals surface area contributed by atoms with Crippen LogP contribution < -0.4 is 5.32 Å². The minimum Gasteiger partial charge on any atom is -0.379 e. The number of ether oxygens (including phenoxy) is 1. The zero-order chi connectivity index (χ0) is 19.1. The van der Waals surface area contributed by atoms with E-state index in [9.17, 15) is 0 Å². The molecule has 0 spiro atoms. The van der Waals surface area contributed by atoms with E-state index < -0.39 is 0 Å². The number of nitrogens with one attached hydrogen (secondary N) is 1. The lowest BCUT2D eigenvalue weighted by Crippen LogP contribution is -2.50. The third-order valence-electron chi connectivity index (χ3n) is 5.08. The van der Waals surface area contributed by atoms with Crippen molar-refractivity contribution < 1.29 is 4.74 Å². The highest BCUT2D eigenvalue weighted by molar-refractivity contribution is 14.0. The minimum atomic E-state index is 0. The molecule has 3 rings (SSSR count). The Balaban J connectivity index is 0.00000280. The summed E-state index contributed by atoms with van der Waals surface area (Å²) >= 11 is 2.06. The van der Waals surface area contributed by atoms with E-state index in [0.717, 1.165) is 70.7 Å². The average Bonchev–Trinajstić information content (AvgIpc) is 2.66. The predicted molar refractivity (Wildman–Crippen MR) is 131 cm³/mol. The second-order valence-electron chi connectivity index (χ2n) is 7.86. The van der Waals surface area contributed by atoms with E-state index >= 15 is 0 Å². The Hall–Kier alpha value is -0.510. The molecular formula is C21H35IN4OS. The van der Waals surface area contributed by atoms with Gasteiger partial charge in [0.2, 0.25) is 0 Å². The van der Waals surface area contributed by atoms with Crippen molar-refractivity contribution in [1.29, 1.82) is 0 Å². The lowest BCUT2D eigenvalue weighted by Gasteiger charge is -2.39. The molecule has 1 N–H and O–H groups in total. The Morgan fingerprint density at radius 3 is 2.57 bits per heavy atom. The van der Waals surface area contributed by atoms with Crippen molar-refractivity contribution in [3.05, 3.63) is 35.4 Å². The first-order chi connectivity index (χ1) is 13.1. The van der Waals surface area contributed by atoms with Gasteiger partial charge in [0.25, 0.3) is 0 Å². The van der Waals surface area contributed by atoms with E-state index in [0.29, 0.717) is 0 Å². The van der Waals surface area contributed by atoms with Crippen molar-refractivity contribution in [1.82, 2.24) is 15.1 Å². The SMILES string of the molecule is CCNC(=NCc1ccccc1CN1CCOCC1)N1CCSC(C)(C)C1.I. The van der Waals surface area contributed by atoms with Gasteiger partial charge in [-0.2, -0.15) is 11.8 Å². The first kappa shape index (κ1) is 23.8. The molecule has 0 saturated carbocycles. The average molecular weight is 519 g/mol. The number of benzene rings is 1. The molecule has 0 aromatic heterocycles. The van der Waals surface area contributed by atoms with Crippen LogP contribution in [0.4, 0.5) is 0 Å². The number of guanidine groups is 1. The maximum atomic E-state index is 5.48. The van der Waals surface area contributed by atoms with E-state index in [1.165, 1.54) is 11.1 Å². The highest BCUT2D eigenvalue weighted by Gasteiger charge is 2.28. The summed E-state index contributed by atoms with van der Waals surface area (Å²) in [4.78, 5) is 9.90. The molecule has 0 bridgehead atoms. The van der Waals surface area contributed by atoms with Gasteiger partial charge in [-0.05, 0) is 31.9 Å². The molecule has 28 heavy (non-hydrogen) atoms. The molecular weight excluding hydrogens is 483 g/mol. The molecule has 0 atom stereocenters. The van der Waals surface area contributed by atoms with Gasteiger partial charge < -0.3 is 15.0 Å². The predicted octanol–water partition coefficient (Wildman–Crippen LogP) is 3.43. The summed E-state index contributed by atoms with van der Waals surface area (Å²) in [6.07, 6.45) is 0. The van der Waals surface area contributed by atoms with Gasteiger partial charge >= 0.3 is 0 Å². The molecule has 0 aliphatic carbocycles. The van der Waals surface area contributed by atoms with E-state index in [2.05, 4.69) is 71.9 Å². The first-order valence-corrected chi connectivity index (χ1v) is 11.1. The van der Waals surface area contributed by atoms with Crippen LogP contribution in [-0.4, -0.2) is 72.2 Å². The second-order valence-corrected chi connectivity index (χ2v) is 9.66. The molecule has 2 saturated heterocycles. The van der Waals surface area contributed by atoms with Gasteiger partial charge in [0.15, 0.2) is 5.96 Å². The number of nitrogens with zero attached hydrogens (tertiary/aromatic N) is 3. The third-order valence-corrected chi connectivity index (χ3v) is 6.37. The van der Waals surface area contributed by atoms with Gasteiger partial charge in [0.1, 0.15) is 0 Å². The van der Waals surface area contributed by atoms with Gasteiger partial charge in [-0.25, -0.2) is 4.99 Å². The Morgan fingerprint density at radius 1 is 1.18 bits per heavy atom. The lowest BCUT2D eigenvalue weighted by atomic mass is 10.1. The van der Waals surface area contributed by atoms with Crippen LogP contribution in [0.15, 0.2) is 29.3 Å². The Bertz CT molecular complexity index is 635. The molecule has 158 valence electrons. The highest BCUT2D eigenvalue weighted by Crippen LogP contribution is 2.29. The maximum Gasteiger partial charge on any atom is 0.194 e. The summed E-state index contributed by atoms with van der Waals surface area (Å²) in [5.74, 6) is 2.21. The van der Waals surface area contributed by atoms with Crippen LogP contribution in [0, 0.1) is 0 Å². The van der Waals surface area contributed by atoms with Crippen LogP contribution in [0.1, 0.15) is 31.9 Å². The normalized spacial score (nSPS) is 20.5. The van der Waals surface area contributed by atoms with E-state index in [4.69, 9.17) is 9.73 Å². The Labute approximate surface area is 191 Å². The molecule has 0 unspecified atom stereocenters. The Kier molecular flexibility index (Phi) is 9.86. The fourth-order valence-electron chi connectivity index (χ4n) is 3.65. The molecule has 5 nitrogen and oxygen atoms in total. The zero-order valence-electron chi connectivity index (χ0n) is 17.4. The van der Waals surface area contributed by atoms with Crippen LogP contribution in [0.3, 0.4) is 0 Å². The van der Waals surface area contributed by atoms with Crippen molar-refractivity contribution in [2.45, 2.75) is 38.6 Å². The number of hydrogen-bond acceptors (Lipinski definition) is 4. The molecule has 2 fully saturated rings. The largest absolute Gasteiger partial charge is 0.379 e. The molecule has 0 radical (unpaired) electrons. The number of morpholine rings is 1. The van der Waals surface area contributed by atoms with E-state index in [-0.39, 0.29) is 28.7 Å². The molecule has 2 aliphatic heterocycles. The summed E-state index contributed by atoms with van der Waals surface area (Å²) in [5.41, 5.74) is 2.71. The monoisotopic (exact) mass is 518 g/mol. The third kappa shape index (κ3) is 7.07. The van der Waals surface area contributed by atoms with Gasteiger partial charge in [0.05, 0.1) is 19.8 Å². The van der Waals surface area contributed by atoms with Crippen molar-refractivity contribution >= 4 is 41.7 Å². The van der Waals surface area contributed by atoms with Crippen LogP contribution in [0.2, 0.25) is 0 Å². The number of hydrogen-bond donors (Lipinski definition) is 1. The topological polar surface area (TPSA) is 40.1 Å². The van der Waals surface area contributed by atoms with Crippen LogP contribution >= 0.6 is 35.7 Å². The number of rotatable bonds is 5. The van der Waals surface area contributed by atoms with Crippen LogP contribution in [-0.2, 0) is 17.8 Å². The van der Waals surface area contributed by atoms with Crippen LogP contribution in [0.25, 0.3) is 0 Å². The lowest BCUT2D eigenvalue weighted by molar-refractivity contribution is 0.0341. The first-order valence-electron chi connectivity index (χ1n) is 10.1. The summed E-state index contributed by atoms with van der Waals surface area (Å²) in [6, 6.07) is 8.73. The van der Waals surface area contributed by atoms with Crippen molar-refractivity contribution in [3.63, 3.8) is 0 Å². The standard InChI is InChI=1S/C21H34N4OS.HI/c1-4-22-20(25-11-14-27-21(2,3)17-25)23-15-18-7-5-6-8-19(18)16-24-9-12-26-13-10-24;/h5-8H,4,9-17H2,1-3H3,(H,22,23);1H. The smallest absolute Gasteiger partial charge is 0.194 e. The van der Waals surface area contributed by atoms with Gasteiger partial charge in [-0.1, -0.05) is 24.3 Å². The Morgan fingerprint density at radius 2 is 1.89 bits per heavy atom. The van der Waals surface area contributed by atoms with Crippen molar-refractivity contribution in [3.8, 4) is 0 Å². The minimum absolute atomic E-state index is 0. The number of halogens is 1. The quantitative estimate of drug-likeness (QED) is 0.368. The number of thioether (sulfide) groups is 1. The summed E-state index contributed by atoms with van der Waals surface area (Å²) < 4.78 is 5.76. The summed E-state index contributed by atoms with van der Waals surface area (Å²) in [7, 11) is 0. The number of aliphatic imine (C=N–C) groups is 1. The molecule has 7 heteroatoms.